The molecule has 1 aromatic heterocycles. The summed E-state index contributed by atoms with van der Waals surface area (Å²) in [6, 6.07) is 13.2. The Morgan fingerprint density at radius 2 is 1.67 bits per heavy atom. The predicted octanol–water partition coefficient (Wildman–Crippen LogP) is 3.91. The van der Waals surface area contributed by atoms with Crippen LogP contribution in [0.2, 0.25) is 0 Å². The Kier molecular flexibility index (Phi) is 8.65. The van der Waals surface area contributed by atoms with Crippen LogP contribution in [0.3, 0.4) is 0 Å². The highest BCUT2D eigenvalue weighted by Gasteiger charge is 2.20. The highest BCUT2D eigenvalue weighted by Crippen LogP contribution is 2.18. The number of nitrogens with one attached hydrogen (secondary N) is 2. The van der Waals surface area contributed by atoms with Crippen molar-refractivity contribution in [2.75, 3.05) is 16.8 Å². The second-order valence-corrected chi connectivity index (χ2v) is 8.18. The number of rotatable bonds is 10. The number of hydrogen-bond acceptors (Lipinski definition) is 5. The van der Waals surface area contributed by atoms with Crippen LogP contribution in [0.5, 0.6) is 0 Å². The zero-order chi connectivity index (χ0) is 23.6. The fourth-order valence-corrected chi connectivity index (χ4v) is 3.60. The second kappa shape index (κ2) is 11.9. The van der Waals surface area contributed by atoms with Crippen LogP contribution in [0.4, 0.5) is 15.2 Å². The van der Waals surface area contributed by atoms with Gasteiger partial charge in [-0.2, -0.15) is 0 Å². The number of hydrogen-bond donors (Lipinski definition) is 2. The molecular weight excluding hydrogens is 443 g/mol. The van der Waals surface area contributed by atoms with E-state index in [0.29, 0.717) is 10.8 Å². The second-order valence-electron chi connectivity index (χ2n) is 7.29. The molecule has 0 aliphatic carbocycles. The highest BCUT2D eigenvalue weighted by molar-refractivity contribution is 7.13. The van der Waals surface area contributed by atoms with Gasteiger partial charge in [-0.1, -0.05) is 31.2 Å². The van der Waals surface area contributed by atoms with Gasteiger partial charge in [0.2, 0.25) is 17.7 Å². The van der Waals surface area contributed by atoms with E-state index >= 15 is 0 Å². The molecule has 2 N–H and O–H groups in total. The maximum atomic E-state index is 13.1. The Morgan fingerprint density at radius 3 is 2.30 bits per heavy atom. The molecule has 2 aromatic carbocycles. The topological polar surface area (TPSA) is 91.4 Å². The van der Waals surface area contributed by atoms with Gasteiger partial charge in [-0.15, -0.1) is 11.3 Å². The van der Waals surface area contributed by atoms with E-state index in [2.05, 4.69) is 15.6 Å². The normalized spacial score (nSPS) is 10.5. The number of nitrogens with zero attached hydrogens (tertiary/aromatic N) is 2. The lowest BCUT2D eigenvalue weighted by Gasteiger charge is -2.23. The number of anilines is 2. The van der Waals surface area contributed by atoms with E-state index in [9.17, 15) is 18.8 Å². The summed E-state index contributed by atoms with van der Waals surface area (Å²) < 4.78 is 13.1. The lowest BCUT2D eigenvalue weighted by Crippen LogP contribution is -2.41. The van der Waals surface area contributed by atoms with Gasteiger partial charge in [0, 0.05) is 36.7 Å². The quantitative estimate of drug-likeness (QED) is 0.472. The summed E-state index contributed by atoms with van der Waals surface area (Å²) >= 11 is 1.29. The summed E-state index contributed by atoms with van der Waals surface area (Å²) in [6.07, 6.45) is 2.35. The molecule has 0 atom stereocenters. The molecule has 0 spiro atoms. The van der Waals surface area contributed by atoms with Crippen LogP contribution in [0.25, 0.3) is 0 Å². The third kappa shape index (κ3) is 7.50. The van der Waals surface area contributed by atoms with Gasteiger partial charge in [-0.25, -0.2) is 9.37 Å². The van der Waals surface area contributed by atoms with E-state index < -0.39 is 0 Å². The SMILES string of the molecule is CCc1ccc(N(CC(=O)NCc2ccc(F)cc2)C(=O)CCC(=O)Nc2nccs2)cc1. The number of amides is 3. The highest BCUT2D eigenvalue weighted by atomic mass is 32.1. The number of carbonyl (C=O) groups is 3. The van der Waals surface area contributed by atoms with Crippen LogP contribution in [-0.4, -0.2) is 29.3 Å². The van der Waals surface area contributed by atoms with Crippen LogP contribution in [0.15, 0.2) is 60.1 Å². The van der Waals surface area contributed by atoms with Gasteiger partial charge in [-0.05, 0) is 41.8 Å². The van der Waals surface area contributed by atoms with Crippen LogP contribution < -0.4 is 15.5 Å². The first-order valence-electron chi connectivity index (χ1n) is 10.5. The van der Waals surface area contributed by atoms with E-state index in [1.165, 1.54) is 28.4 Å². The molecule has 0 bridgehead atoms. The molecule has 0 aliphatic rings. The van der Waals surface area contributed by atoms with Gasteiger partial charge in [-0.3, -0.25) is 14.4 Å². The fraction of sp³-hybridized carbons (Fsp3) is 0.250. The zero-order valence-electron chi connectivity index (χ0n) is 18.2. The smallest absolute Gasteiger partial charge is 0.240 e. The molecule has 0 fully saturated rings. The van der Waals surface area contributed by atoms with Crippen molar-refractivity contribution in [3.8, 4) is 0 Å². The van der Waals surface area contributed by atoms with Crippen molar-refractivity contribution in [2.45, 2.75) is 32.7 Å². The minimum atomic E-state index is -0.362. The van der Waals surface area contributed by atoms with E-state index in [1.54, 1.807) is 35.8 Å². The van der Waals surface area contributed by atoms with Crippen molar-refractivity contribution in [1.82, 2.24) is 10.3 Å². The van der Waals surface area contributed by atoms with Gasteiger partial charge in [0.05, 0.1) is 0 Å². The molecule has 0 saturated carbocycles. The molecule has 0 aliphatic heterocycles. The first-order valence-corrected chi connectivity index (χ1v) is 11.4. The van der Waals surface area contributed by atoms with Crippen LogP contribution >= 0.6 is 11.3 Å². The molecule has 3 amide bonds. The monoisotopic (exact) mass is 468 g/mol. The molecule has 0 saturated heterocycles. The van der Waals surface area contributed by atoms with Crippen molar-refractivity contribution in [3.63, 3.8) is 0 Å². The van der Waals surface area contributed by atoms with Gasteiger partial charge in [0.25, 0.3) is 0 Å². The molecule has 7 nitrogen and oxygen atoms in total. The molecule has 0 unspecified atom stereocenters. The van der Waals surface area contributed by atoms with Crippen LogP contribution in [0.1, 0.15) is 30.9 Å². The number of aryl methyl sites for hydroxylation is 1. The lowest BCUT2D eigenvalue weighted by atomic mass is 10.1. The van der Waals surface area contributed by atoms with Gasteiger partial charge in [0.1, 0.15) is 12.4 Å². The number of aromatic nitrogens is 1. The summed E-state index contributed by atoms with van der Waals surface area (Å²) in [5.74, 6) is -1.37. The Hall–Kier alpha value is -3.59. The molecule has 3 aromatic rings. The van der Waals surface area contributed by atoms with Gasteiger partial charge < -0.3 is 15.5 Å². The number of benzene rings is 2. The molecular formula is C24H25FN4O3S. The average Bonchev–Trinajstić information content (AvgIpc) is 3.33. The van der Waals surface area contributed by atoms with Gasteiger partial charge >= 0.3 is 0 Å². The Bertz CT molecular complexity index is 1070. The first-order chi connectivity index (χ1) is 15.9. The summed E-state index contributed by atoms with van der Waals surface area (Å²) in [5, 5.41) is 7.61. The summed E-state index contributed by atoms with van der Waals surface area (Å²) in [4.78, 5) is 43.0. The third-order valence-electron chi connectivity index (χ3n) is 4.91. The summed E-state index contributed by atoms with van der Waals surface area (Å²) in [7, 11) is 0. The summed E-state index contributed by atoms with van der Waals surface area (Å²) in [6.45, 7) is 2.05. The summed E-state index contributed by atoms with van der Waals surface area (Å²) in [5.41, 5.74) is 2.43. The Balaban J connectivity index is 1.63. The van der Waals surface area contributed by atoms with Crippen molar-refractivity contribution < 1.29 is 18.8 Å². The van der Waals surface area contributed by atoms with Crippen LogP contribution in [0, 0.1) is 5.82 Å². The largest absolute Gasteiger partial charge is 0.350 e. The predicted molar refractivity (Wildman–Crippen MR) is 126 cm³/mol. The van der Waals surface area contributed by atoms with Crippen molar-refractivity contribution in [2.24, 2.45) is 0 Å². The van der Waals surface area contributed by atoms with E-state index in [0.717, 1.165) is 17.5 Å². The lowest BCUT2D eigenvalue weighted by molar-refractivity contribution is -0.125. The van der Waals surface area contributed by atoms with E-state index in [1.807, 2.05) is 19.1 Å². The number of carbonyl (C=O) groups excluding carboxylic acids is 3. The molecule has 3 rings (SSSR count). The molecule has 172 valence electrons. The van der Waals surface area contributed by atoms with Crippen molar-refractivity contribution in [1.29, 1.82) is 0 Å². The fourth-order valence-electron chi connectivity index (χ4n) is 3.06. The minimum Gasteiger partial charge on any atom is -0.350 e. The molecule has 33 heavy (non-hydrogen) atoms. The average molecular weight is 469 g/mol. The zero-order valence-corrected chi connectivity index (χ0v) is 19.0. The van der Waals surface area contributed by atoms with Gasteiger partial charge in [0.15, 0.2) is 5.13 Å². The molecule has 0 radical (unpaired) electrons. The maximum Gasteiger partial charge on any atom is 0.240 e. The first kappa shape index (κ1) is 24.1. The number of halogens is 1. The van der Waals surface area contributed by atoms with E-state index in [-0.39, 0.29) is 49.5 Å². The number of thiazole rings is 1. The van der Waals surface area contributed by atoms with E-state index in [4.69, 9.17) is 0 Å². The Labute approximate surface area is 195 Å². The Morgan fingerprint density at radius 1 is 0.970 bits per heavy atom. The third-order valence-corrected chi connectivity index (χ3v) is 5.60. The maximum absolute atomic E-state index is 13.1. The van der Waals surface area contributed by atoms with Crippen molar-refractivity contribution in [3.05, 3.63) is 77.1 Å². The standard InChI is InChI=1S/C24H25FN4O3S/c1-2-17-5-9-20(10-6-17)29(16-22(31)27-15-18-3-7-19(25)8-4-18)23(32)12-11-21(30)28-24-26-13-14-33-24/h3-10,13-14H,2,11-12,15-16H2,1H3,(H,27,31)(H,26,28,30). The minimum absolute atomic E-state index is 0.0286. The van der Waals surface area contributed by atoms with Crippen LogP contribution in [-0.2, 0) is 27.3 Å². The molecule has 1 heterocycles. The molecule has 9 heteroatoms. The van der Waals surface area contributed by atoms with Crippen molar-refractivity contribution >= 4 is 39.9 Å².